The highest BCUT2D eigenvalue weighted by atomic mass is 19.2. The number of rotatable bonds is 7. The van der Waals surface area contributed by atoms with E-state index in [9.17, 15) is 9.18 Å². The van der Waals surface area contributed by atoms with Gasteiger partial charge in [0.15, 0.2) is 23.1 Å². The molecule has 38 heavy (non-hydrogen) atoms. The molecule has 1 aliphatic carbocycles. The van der Waals surface area contributed by atoms with Gasteiger partial charge in [-0.15, -0.1) is 0 Å². The van der Waals surface area contributed by atoms with Crippen LogP contribution in [0.25, 0.3) is 0 Å². The van der Waals surface area contributed by atoms with Crippen LogP contribution in [0.3, 0.4) is 0 Å². The molecule has 0 radical (unpaired) electrons. The molecule has 2 unspecified atom stereocenters. The minimum Gasteiger partial charge on any atom is -0.450 e. The second-order valence-electron chi connectivity index (χ2n) is 11.2. The van der Waals surface area contributed by atoms with Crippen molar-refractivity contribution in [1.29, 1.82) is 0 Å². The molecule has 0 spiro atoms. The summed E-state index contributed by atoms with van der Waals surface area (Å²) in [5.74, 6) is -4.31. The third kappa shape index (κ3) is 5.45. The van der Waals surface area contributed by atoms with Crippen LogP contribution in [-0.2, 0) is 16.0 Å². The Labute approximate surface area is 222 Å². The number of fused-ring (bicyclic) bond motifs is 2. The zero-order chi connectivity index (χ0) is 26.8. The Morgan fingerprint density at radius 2 is 1.63 bits per heavy atom. The van der Waals surface area contributed by atoms with E-state index in [-0.39, 0.29) is 35.9 Å². The van der Waals surface area contributed by atoms with E-state index in [0.717, 1.165) is 51.4 Å². The third-order valence-electron chi connectivity index (χ3n) is 8.51. The minimum absolute atomic E-state index is 0.0717. The molecule has 0 amide bonds. The Morgan fingerprint density at radius 3 is 2.32 bits per heavy atom. The fourth-order valence-electron chi connectivity index (χ4n) is 6.32. The van der Waals surface area contributed by atoms with Crippen LogP contribution in [-0.4, -0.2) is 18.7 Å². The maximum absolute atomic E-state index is 15.6. The first-order valence-electron chi connectivity index (χ1n) is 14.2. The summed E-state index contributed by atoms with van der Waals surface area (Å²) < 4.78 is 62.6. The maximum atomic E-state index is 15.6. The standard InChI is InChI=1S/C31H37F3O4/c1-3-5-18-7-9-19(10-8-18)31(35)37-25-16-22-15-20-12-14-24(21-11-13-23(6-4-2)36-17-21)26(32)29(20)38-30(22)28(34)27(25)33/h12,14,16,18-19,21,23H,3-11,13,15,17H2,1-2H3. The van der Waals surface area contributed by atoms with Crippen LogP contribution >= 0.6 is 0 Å². The van der Waals surface area contributed by atoms with E-state index in [1.54, 1.807) is 12.1 Å². The molecule has 2 aromatic carbocycles. The van der Waals surface area contributed by atoms with Crippen LogP contribution in [0.4, 0.5) is 13.2 Å². The van der Waals surface area contributed by atoms with Crippen LogP contribution in [0.15, 0.2) is 18.2 Å². The molecule has 2 atom stereocenters. The lowest BCUT2D eigenvalue weighted by Gasteiger charge is -2.30. The molecule has 4 nitrogen and oxygen atoms in total. The SMILES string of the molecule is CCCC1CCC(C(=O)Oc2cc3c(c(F)c2F)Oc2c(ccc(C4CCC(CCC)OC4)c2F)C3)CC1. The van der Waals surface area contributed by atoms with Gasteiger partial charge in [0, 0.05) is 23.5 Å². The topological polar surface area (TPSA) is 44.8 Å². The Morgan fingerprint density at radius 1 is 0.895 bits per heavy atom. The Hall–Kier alpha value is -2.54. The third-order valence-corrected chi connectivity index (χ3v) is 8.51. The second-order valence-corrected chi connectivity index (χ2v) is 11.2. The van der Waals surface area contributed by atoms with E-state index in [2.05, 4.69) is 13.8 Å². The molecular weight excluding hydrogens is 493 g/mol. The zero-order valence-corrected chi connectivity index (χ0v) is 22.3. The maximum Gasteiger partial charge on any atom is 0.314 e. The predicted molar refractivity (Wildman–Crippen MR) is 138 cm³/mol. The van der Waals surface area contributed by atoms with E-state index in [1.807, 2.05) is 0 Å². The molecule has 7 heteroatoms. The van der Waals surface area contributed by atoms with Crippen molar-refractivity contribution in [3.8, 4) is 17.2 Å². The summed E-state index contributed by atoms with van der Waals surface area (Å²) in [7, 11) is 0. The van der Waals surface area contributed by atoms with Gasteiger partial charge >= 0.3 is 5.97 Å². The summed E-state index contributed by atoms with van der Waals surface area (Å²) in [6, 6.07) is 4.83. The molecule has 3 aliphatic rings. The average Bonchev–Trinajstić information content (AvgIpc) is 2.92. The predicted octanol–water partition coefficient (Wildman–Crippen LogP) is 8.38. The highest BCUT2D eigenvalue weighted by Crippen LogP contribution is 2.45. The van der Waals surface area contributed by atoms with Gasteiger partial charge in [-0.05, 0) is 62.5 Å². The molecule has 5 rings (SSSR count). The average molecular weight is 531 g/mol. The van der Waals surface area contributed by atoms with Crippen LogP contribution in [0.1, 0.15) is 101 Å². The first kappa shape index (κ1) is 27.0. The zero-order valence-electron chi connectivity index (χ0n) is 22.3. The largest absolute Gasteiger partial charge is 0.450 e. The molecule has 1 saturated carbocycles. The summed E-state index contributed by atoms with van der Waals surface area (Å²) in [5, 5.41) is 0. The van der Waals surface area contributed by atoms with Gasteiger partial charge in [0.2, 0.25) is 11.6 Å². The van der Waals surface area contributed by atoms with Crippen molar-refractivity contribution in [2.45, 2.75) is 96.5 Å². The van der Waals surface area contributed by atoms with Gasteiger partial charge in [-0.25, -0.2) is 4.39 Å². The smallest absolute Gasteiger partial charge is 0.314 e. The van der Waals surface area contributed by atoms with Crippen LogP contribution in [0, 0.1) is 29.3 Å². The van der Waals surface area contributed by atoms with Crippen molar-refractivity contribution in [2.75, 3.05) is 6.61 Å². The summed E-state index contributed by atoms with van der Waals surface area (Å²) in [5.41, 5.74) is 1.33. The van der Waals surface area contributed by atoms with E-state index in [4.69, 9.17) is 14.2 Å². The van der Waals surface area contributed by atoms with Gasteiger partial charge < -0.3 is 14.2 Å². The molecule has 0 aromatic heterocycles. The van der Waals surface area contributed by atoms with Gasteiger partial charge in [-0.2, -0.15) is 8.78 Å². The van der Waals surface area contributed by atoms with Gasteiger partial charge in [0.1, 0.15) is 0 Å². The highest BCUT2D eigenvalue weighted by molar-refractivity contribution is 5.75. The normalized spacial score (nSPS) is 24.8. The minimum atomic E-state index is -1.29. The Kier molecular flexibility index (Phi) is 8.32. The highest BCUT2D eigenvalue weighted by Gasteiger charge is 2.33. The summed E-state index contributed by atoms with van der Waals surface area (Å²) >= 11 is 0. The number of ether oxygens (including phenoxy) is 3. The number of hydrogen-bond donors (Lipinski definition) is 0. The summed E-state index contributed by atoms with van der Waals surface area (Å²) in [6.07, 6.45) is 9.58. The number of carbonyl (C=O) groups is 1. The molecule has 1 saturated heterocycles. The number of hydrogen-bond acceptors (Lipinski definition) is 4. The van der Waals surface area contributed by atoms with Crippen molar-refractivity contribution >= 4 is 5.97 Å². The summed E-state index contributed by atoms with van der Waals surface area (Å²) in [6.45, 7) is 4.69. The van der Waals surface area contributed by atoms with Crippen molar-refractivity contribution in [2.24, 2.45) is 11.8 Å². The van der Waals surface area contributed by atoms with Crippen molar-refractivity contribution in [3.63, 3.8) is 0 Å². The molecule has 2 aliphatic heterocycles. The lowest BCUT2D eigenvalue weighted by Crippen LogP contribution is -2.26. The first-order valence-corrected chi connectivity index (χ1v) is 14.2. The van der Waals surface area contributed by atoms with Gasteiger partial charge in [0.05, 0.1) is 18.6 Å². The molecule has 2 aromatic rings. The number of halogens is 3. The molecule has 0 N–H and O–H groups in total. The first-order chi connectivity index (χ1) is 18.4. The molecule has 0 bridgehead atoms. The second kappa shape index (κ2) is 11.7. The molecular formula is C31H37F3O4. The van der Waals surface area contributed by atoms with Crippen molar-refractivity contribution in [1.82, 2.24) is 0 Å². The molecule has 2 heterocycles. The Bertz CT molecular complexity index is 1160. The Balaban J connectivity index is 1.31. The number of esters is 1. The van der Waals surface area contributed by atoms with E-state index < -0.39 is 29.2 Å². The quantitative estimate of drug-likeness (QED) is 0.227. The van der Waals surface area contributed by atoms with E-state index in [0.29, 0.717) is 42.1 Å². The molecule has 2 fully saturated rings. The lowest BCUT2D eigenvalue weighted by molar-refractivity contribution is -0.140. The van der Waals surface area contributed by atoms with E-state index in [1.165, 1.54) is 6.07 Å². The van der Waals surface area contributed by atoms with E-state index >= 15 is 8.78 Å². The van der Waals surface area contributed by atoms with Gasteiger partial charge in [-0.1, -0.05) is 45.2 Å². The fraction of sp³-hybridized carbons (Fsp3) is 0.581. The number of carbonyl (C=O) groups excluding carboxylic acids is 1. The van der Waals surface area contributed by atoms with Crippen LogP contribution in [0.5, 0.6) is 17.2 Å². The van der Waals surface area contributed by atoms with Gasteiger partial charge in [0.25, 0.3) is 0 Å². The van der Waals surface area contributed by atoms with Crippen LogP contribution in [0.2, 0.25) is 0 Å². The molecule has 206 valence electrons. The summed E-state index contributed by atoms with van der Waals surface area (Å²) in [4.78, 5) is 12.7. The van der Waals surface area contributed by atoms with Crippen molar-refractivity contribution < 1.29 is 32.2 Å². The van der Waals surface area contributed by atoms with Gasteiger partial charge in [-0.3, -0.25) is 4.79 Å². The number of benzene rings is 2. The van der Waals surface area contributed by atoms with Crippen molar-refractivity contribution in [3.05, 3.63) is 52.3 Å². The lowest BCUT2D eigenvalue weighted by atomic mass is 9.80. The fourth-order valence-corrected chi connectivity index (χ4v) is 6.32. The monoisotopic (exact) mass is 530 g/mol. The van der Waals surface area contributed by atoms with Crippen LogP contribution < -0.4 is 9.47 Å².